The van der Waals surface area contributed by atoms with Gasteiger partial charge in [0, 0.05) is 32.6 Å². The van der Waals surface area contributed by atoms with Gasteiger partial charge in [-0.1, -0.05) is 0 Å². The molecule has 0 N–H and O–H groups in total. The smallest absolute Gasteiger partial charge is 0.254 e. The Hall–Kier alpha value is -3.03. The lowest BCUT2D eigenvalue weighted by Gasteiger charge is -2.18. The number of amides is 1. The molecule has 8 heteroatoms. The van der Waals surface area contributed by atoms with Crippen LogP contribution in [0.25, 0.3) is 0 Å². The van der Waals surface area contributed by atoms with E-state index in [9.17, 15) is 4.79 Å². The summed E-state index contributed by atoms with van der Waals surface area (Å²) in [5, 5.41) is 0. The number of fused-ring (bicyclic) bond motifs is 1. The summed E-state index contributed by atoms with van der Waals surface area (Å²) in [6, 6.07) is 5.25. The standard InChI is InChI=1S/C18H20N4O4/c1-21(2)16-8-19-9-17(20-16)26-13-5-6-22(10-13)18(23)12-3-4-14-15(7-12)25-11-24-14/h3-4,7-9,13H,5-6,10-11H2,1-2H3. The highest BCUT2D eigenvalue weighted by Crippen LogP contribution is 2.33. The lowest BCUT2D eigenvalue weighted by atomic mass is 10.2. The summed E-state index contributed by atoms with van der Waals surface area (Å²) in [6.45, 7) is 1.35. The highest BCUT2D eigenvalue weighted by atomic mass is 16.7. The van der Waals surface area contributed by atoms with Crippen LogP contribution in [0.1, 0.15) is 16.8 Å². The molecule has 2 aliphatic heterocycles. The Kier molecular flexibility index (Phi) is 4.24. The molecule has 8 nitrogen and oxygen atoms in total. The predicted octanol–water partition coefficient (Wildman–Crippen LogP) is 1.56. The van der Waals surface area contributed by atoms with Crippen molar-refractivity contribution in [2.75, 3.05) is 38.9 Å². The third-order valence-corrected chi connectivity index (χ3v) is 4.40. The van der Waals surface area contributed by atoms with E-state index >= 15 is 0 Å². The number of ether oxygens (including phenoxy) is 3. The second-order valence-electron chi connectivity index (χ2n) is 6.46. The zero-order valence-corrected chi connectivity index (χ0v) is 14.7. The molecule has 3 heterocycles. The highest BCUT2D eigenvalue weighted by Gasteiger charge is 2.29. The molecular formula is C18H20N4O4. The molecule has 2 aliphatic rings. The number of carbonyl (C=O) groups is 1. The number of anilines is 1. The molecule has 0 saturated carbocycles. The first-order valence-electron chi connectivity index (χ1n) is 8.45. The van der Waals surface area contributed by atoms with E-state index in [0.717, 1.165) is 12.2 Å². The van der Waals surface area contributed by atoms with Crippen LogP contribution in [0.2, 0.25) is 0 Å². The van der Waals surface area contributed by atoms with E-state index < -0.39 is 0 Å². The van der Waals surface area contributed by atoms with Crippen LogP contribution in [0.3, 0.4) is 0 Å². The van der Waals surface area contributed by atoms with Crippen molar-refractivity contribution in [3.63, 3.8) is 0 Å². The largest absolute Gasteiger partial charge is 0.471 e. The van der Waals surface area contributed by atoms with Crippen LogP contribution in [0.15, 0.2) is 30.6 Å². The van der Waals surface area contributed by atoms with Crippen molar-refractivity contribution < 1.29 is 19.0 Å². The van der Waals surface area contributed by atoms with Gasteiger partial charge in [-0.15, -0.1) is 0 Å². The average Bonchev–Trinajstić information content (AvgIpc) is 3.30. The minimum atomic E-state index is -0.0975. The number of benzene rings is 1. The number of likely N-dealkylation sites (tertiary alicyclic amines) is 1. The molecule has 2 aromatic rings. The second-order valence-corrected chi connectivity index (χ2v) is 6.46. The SMILES string of the molecule is CN(C)c1cncc(OC2CCN(C(=O)c3ccc4c(c3)OCO4)C2)n1. The first kappa shape index (κ1) is 16.4. The molecule has 0 bridgehead atoms. The maximum absolute atomic E-state index is 12.7. The van der Waals surface area contributed by atoms with Crippen LogP contribution in [-0.2, 0) is 0 Å². The van der Waals surface area contributed by atoms with Crippen LogP contribution in [0.5, 0.6) is 17.4 Å². The maximum Gasteiger partial charge on any atom is 0.254 e. The average molecular weight is 356 g/mol. The van der Waals surface area contributed by atoms with Crippen LogP contribution in [0, 0.1) is 0 Å². The molecule has 136 valence electrons. The summed E-state index contributed by atoms with van der Waals surface area (Å²) in [7, 11) is 3.80. The van der Waals surface area contributed by atoms with Crippen LogP contribution < -0.4 is 19.1 Å². The van der Waals surface area contributed by atoms with E-state index in [1.54, 1.807) is 35.5 Å². The van der Waals surface area contributed by atoms with E-state index in [0.29, 0.717) is 36.0 Å². The third kappa shape index (κ3) is 3.22. The third-order valence-electron chi connectivity index (χ3n) is 4.40. The first-order valence-corrected chi connectivity index (χ1v) is 8.45. The van der Waals surface area contributed by atoms with E-state index in [4.69, 9.17) is 14.2 Å². The zero-order valence-electron chi connectivity index (χ0n) is 14.7. The molecule has 1 saturated heterocycles. The Morgan fingerprint density at radius 3 is 2.96 bits per heavy atom. The molecule has 1 amide bonds. The van der Waals surface area contributed by atoms with Gasteiger partial charge in [0.2, 0.25) is 12.7 Å². The van der Waals surface area contributed by atoms with Gasteiger partial charge >= 0.3 is 0 Å². The van der Waals surface area contributed by atoms with Gasteiger partial charge in [0.05, 0.1) is 18.9 Å². The molecule has 1 aromatic heterocycles. The Balaban J connectivity index is 1.40. The van der Waals surface area contributed by atoms with Crippen molar-refractivity contribution >= 4 is 11.7 Å². The molecule has 0 spiro atoms. The Labute approximate surface area is 151 Å². The fraction of sp³-hybridized carbons (Fsp3) is 0.389. The molecule has 26 heavy (non-hydrogen) atoms. The highest BCUT2D eigenvalue weighted by molar-refractivity contribution is 5.95. The number of nitrogens with zero attached hydrogens (tertiary/aromatic N) is 4. The summed E-state index contributed by atoms with van der Waals surface area (Å²) in [4.78, 5) is 24.9. The van der Waals surface area contributed by atoms with Crippen LogP contribution in [0.4, 0.5) is 5.82 Å². The van der Waals surface area contributed by atoms with Crippen molar-refractivity contribution in [2.24, 2.45) is 0 Å². The van der Waals surface area contributed by atoms with E-state index in [1.807, 2.05) is 19.0 Å². The van der Waals surface area contributed by atoms with Gasteiger partial charge in [0.25, 0.3) is 5.91 Å². The van der Waals surface area contributed by atoms with E-state index in [-0.39, 0.29) is 18.8 Å². The van der Waals surface area contributed by atoms with Gasteiger partial charge < -0.3 is 24.0 Å². The topological polar surface area (TPSA) is 77.0 Å². The molecule has 1 atom stereocenters. The Bertz CT molecular complexity index is 827. The van der Waals surface area contributed by atoms with E-state index in [1.165, 1.54) is 0 Å². The number of hydrogen-bond donors (Lipinski definition) is 0. The van der Waals surface area contributed by atoms with E-state index in [2.05, 4.69) is 9.97 Å². The lowest BCUT2D eigenvalue weighted by Crippen LogP contribution is -2.31. The summed E-state index contributed by atoms with van der Waals surface area (Å²) in [5.41, 5.74) is 0.587. The molecule has 0 aliphatic carbocycles. The minimum absolute atomic E-state index is 0.0393. The monoisotopic (exact) mass is 356 g/mol. The van der Waals surface area contributed by atoms with Crippen molar-refractivity contribution in [2.45, 2.75) is 12.5 Å². The Morgan fingerprint density at radius 2 is 2.12 bits per heavy atom. The van der Waals surface area contributed by atoms with Gasteiger partial charge in [0.15, 0.2) is 17.3 Å². The lowest BCUT2D eigenvalue weighted by molar-refractivity contribution is 0.0770. The van der Waals surface area contributed by atoms with Crippen LogP contribution >= 0.6 is 0 Å². The molecule has 1 aromatic carbocycles. The fourth-order valence-corrected chi connectivity index (χ4v) is 3.00. The normalized spacial score (nSPS) is 18.1. The van der Waals surface area contributed by atoms with Gasteiger partial charge in [0.1, 0.15) is 6.10 Å². The summed E-state index contributed by atoms with van der Waals surface area (Å²) in [5.74, 6) is 2.44. The van der Waals surface area contributed by atoms with Crippen LogP contribution in [-0.4, -0.2) is 60.9 Å². The number of carbonyl (C=O) groups excluding carboxylic acids is 1. The molecule has 0 radical (unpaired) electrons. The van der Waals surface area contributed by atoms with Crippen molar-refractivity contribution in [1.82, 2.24) is 14.9 Å². The minimum Gasteiger partial charge on any atom is -0.471 e. The van der Waals surface area contributed by atoms with Crippen molar-refractivity contribution in [1.29, 1.82) is 0 Å². The zero-order chi connectivity index (χ0) is 18.1. The first-order chi connectivity index (χ1) is 12.6. The molecular weight excluding hydrogens is 336 g/mol. The number of rotatable bonds is 4. The summed E-state index contributed by atoms with van der Waals surface area (Å²) in [6.07, 6.45) is 3.93. The predicted molar refractivity (Wildman–Crippen MR) is 93.9 cm³/mol. The van der Waals surface area contributed by atoms with Gasteiger partial charge in [-0.25, -0.2) is 0 Å². The van der Waals surface area contributed by atoms with Gasteiger partial charge in [-0.3, -0.25) is 9.78 Å². The summed E-state index contributed by atoms with van der Waals surface area (Å²) < 4.78 is 16.5. The summed E-state index contributed by atoms with van der Waals surface area (Å²) >= 11 is 0. The fourth-order valence-electron chi connectivity index (χ4n) is 3.00. The van der Waals surface area contributed by atoms with Gasteiger partial charge in [-0.2, -0.15) is 4.98 Å². The van der Waals surface area contributed by atoms with Crippen molar-refractivity contribution in [3.05, 3.63) is 36.2 Å². The van der Waals surface area contributed by atoms with Gasteiger partial charge in [-0.05, 0) is 18.2 Å². The second kappa shape index (κ2) is 6.70. The Morgan fingerprint density at radius 1 is 1.27 bits per heavy atom. The molecule has 1 unspecified atom stereocenters. The van der Waals surface area contributed by atoms with Crippen molar-refractivity contribution in [3.8, 4) is 17.4 Å². The number of aromatic nitrogens is 2. The molecule has 1 fully saturated rings. The number of hydrogen-bond acceptors (Lipinski definition) is 7. The quantitative estimate of drug-likeness (QED) is 0.823. The molecule has 4 rings (SSSR count). The maximum atomic E-state index is 12.7.